The molecule has 0 bridgehead atoms. The van der Waals surface area contributed by atoms with Gasteiger partial charge < -0.3 is 14.6 Å². The van der Waals surface area contributed by atoms with Gasteiger partial charge in [0.25, 0.3) is 0 Å². The van der Waals surface area contributed by atoms with E-state index in [-0.39, 0.29) is 11.8 Å². The van der Waals surface area contributed by atoms with E-state index in [0.29, 0.717) is 13.2 Å². The summed E-state index contributed by atoms with van der Waals surface area (Å²) in [6, 6.07) is 5.94. The number of carbonyl (C=O) groups is 1. The quantitative estimate of drug-likeness (QED) is 0.846. The monoisotopic (exact) mass is 290 g/mol. The van der Waals surface area contributed by atoms with E-state index in [0.717, 1.165) is 55.6 Å². The number of fused-ring (bicyclic) bond motifs is 1. The molecule has 2 atom stereocenters. The van der Waals surface area contributed by atoms with Crippen molar-refractivity contribution in [2.24, 2.45) is 5.92 Å². The molecule has 1 N–H and O–H groups in total. The van der Waals surface area contributed by atoms with Crippen molar-refractivity contribution in [1.29, 1.82) is 0 Å². The van der Waals surface area contributed by atoms with Crippen LogP contribution in [0.25, 0.3) is 0 Å². The fourth-order valence-electron chi connectivity index (χ4n) is 3.41. The Balaban J connectivity index is 1.90. The third kappa shape index (κ3) is 3.14. The Bertz CT molecular complexity index is 512. The van der Waals surface area contributed by atoms with Crippen molar-refractivity contribution in [3.63, 3.8) is 0 Å². The minimum absolute atomic E-state index is 0.0853. The number of rotatable bonds is 2. The van der Waals surface area contributed by atoms with Gasteiger partial charge in [0.1, 0.15) is 0 Å². The summed E-state index contributed by atoms with van der Waals surface area (Å²) in [6.45, 7) is 1.33. The molecule has 2 unspecified atom stereocenters. The van der Waals surface area contributed by atoms with E-state index in [1.807, 2.05) is 18.2 Å². The topological polar surface area (TPSA) is 55.8 Å². The van der Waals surface area contributed by atoms with Gasteiger partial charge in [0.2, 0.25) is 0 Å². The molecule has 0 amide bonds. The zero-order chi connectivity index (χ0) is 14.7. The molecule has 3 rings (SSSR count). The Labute approximate surface area is 125 Å². The lowest BCUT2D eigenvalue weighted by Gasteiger charge is -2.23. The number of carboxylic acid groups (broad SMARTS) is 1. The maximum Gasteiger partial charge on any atom is 0.307 e. The van der Waals surface area contributed by atoms with Gasteiger partial charge in [-0.3, -0.25) is 4.79 Å². The lowest BCUT2D eigenvalue weighted by atomic mass is 9.82. The molecule has 4 nitrogen and oxygen atoms in total. The van der Waals surface area contributed by atoms with Crippen LogP contribution in [0.2, 0.25) is 0 Å². The first-order valence-electron chi connectivity index (χ1n) is 7.88. The molecule has 1 aromatic rings. The first-order valence-corrected chi connectivity index (χ1v) is 7.88. The molecular weight excluding hydrogens is 268 g/mol. The van der Waals surface area contributed by atoms with Crippen LogP contribution in [0.4, 0.5) is 0 Å². The molecule has 21 heavy (non-hydrogen) atoms. The van der Waals surface area contributed by atoms with Gasteiger partial charge in [-0.15, -0.1) is 0 Å². The number of ether oxygens (including phenoxy) is 2. The molecule has 0 aromatic heterocycles. The molecule has 1 heterocycles. The number of hydrogen-bond donors (Lipinski definition) is 1. The smallest absolute Gasteiger partial charge is 0.307 e. The van der Waals surface area contributed by atoms with E-state index >= 15 is 0 Å². The van der Waals surface area contributed by atoms with Crippen molar-refractivity contribution in [2.75, 3.05) is 13.2 Å². The summed E-state index contributed by atoms with van der Waals surface area (Å²) in [6.07, 6.45) is 5.84. The average molecular weight is 290 g/mol. The van der Waals surface area contributed by atoms with Crippen LogP contribution in [0.15, 0.2) is 18.2 Å². The van der Waals surface area contributed by atoms with Gasteiger partial charge in [-0.1, -0.05) is 25.3 Å². The highest BCUT2D eigenvalue weighted by atomic mass is 16.5. The number of benzene rings is 1. The zero-order valence-electron chi connectivity index (χ0n) is 12.2. The molecule has 1 aliphatic carbocycles. The fraction of sp³-hybridized carbons (Fsp3) is 0.588. The van der Waals surface area contributed by atoms with E-state index in [2.05, 4.69) is 0 Å². The van der Waals surface area contributed by atoms with Crippen LogP contribution in [0.3, 0.4) is 0 Å². The maximum atomic E-state index is 11.6. The molecule has 0 saturated heterocycles. The van der Waals surface area contributed by atoms with Gasteiger partial charge in [0, 0.05) is 6.42 Å². The molecule has 4 heteroatoms. The molecule has 0 radical (unpaired) electrons. The van der Waals surface area contributed by atoms with Gasteiger partial charge in [0.15, 0.2) is 11.5 Å². The average Bonchev–Trinajstić information content (AvgIpc) is 2.86. The number of hydrogen-bond acceptors (Lipinski definition) is 3. The fourth-order valence-corrected chi connectivity index (χ4v) is 3.41. The maximum absolute atomic E-state index is 11.6. The Morgan fingerprint density at radius 3 is 2.57 bits per heavy atom. The summed E-state index contributed by atoms with van der Waals surface area (Å²) in [5, 5.41) is 9.52. The standard InChI is InChI=1S/C17H22O4/c18-17(19)14-6-3-1-2-5-13(14)12-7-8-15-16(11-12)21-10-4-9-20-15/h7-8,11,13-14H,1-6,9-10H2,(H,18,19). The third-order valence-corrected chi connectivity index (χ3v) is 4.53. The second-order valence-corrected chi connectivity index (χ2v) is 5.95. The molecule has 0 spiro atoms. The summed E-state index contributed by atoms with van der Waals surface area (Å²) in [5.74, 6) is 0.670. The molecule has 1 saturated carbocycles. The van der Waals surface area contributed by atoms with Crippen molar-refractivity contribution in [2.45, 2.75) is 44.4 Å². The van der Waals surface area contributed by atoms with Crippen LogP contribution in [-0.2, 0) is 4.79 Å². The van der Waals surface area contributed by atoms with Crippen molar-refractivity contribution in [3.8, 4) is 11.5 Å². The zero-order valence-corrected chi connectivity index (χ0v) is 12.2. The van der Waals surface area contributed by atoms with Gasteiger partial charge >= 0.3 is 5.97 Å². The Morgan fingerprint density at radius 2 is 1.76 bits per heavy atom. The van der Waals surface area contributed by atoms with Gasteiger partial charge in [-0.25, -0.2) is 0 Å². The van der Waals surface area contributed by atoms with Crippen LogP contribution >= 0.6 is 0 Å². The molecule has 114 valence electrons. The Morgan fingerprint density at radius 1 is 1.00 bits per heavy atom. The second kappa shape index (κ2) is 6.37. The van der Waals surface area contributed by atoms with E-state index in [1.54, 1.807) is 0 Å². The minimum Gasteiger partial charge on any atom is -0.490 e. The highest BCUT2D eigenvalue weighted by Gasteiger charge is 2.31. The highest BCUT2D eigenvalue weighted by Crippen LogP contribution is 2.40. The van der Waals surface area contributed by atoms with Crippen molar-refractivity contribution in [3.05, 3.63) is 23.8 Å². The minimum atomic E-state index is -0.672. The summed E-state index contributed by atoms with van der Waals surface area (Å²) in [7, 11) is 0. The predicted octanol–water partition coefficient (Wildman–Crippen LogP) is 3.60. The summed E-state index contributed by atoms with van der Waals surface area (Å²) in [4.78, 5) is 11.6. The normalized spacial score (nSPS) is 25.7. The largest absolute Gasteiger partial charge is 0.490 e. The van der Waals surface area contributed by atoms with Crippen LogP contribution in [0.5, 0.6) is 11.5 Å². The summed E-state index contributed by atoms with van der Waals surface area (Å²) in [5.41, 5.74) is 1.08. The third-order valence-electron chi connectivity index (χ3n) is 4.53. The Hall–Kier alpha value is -1.71. The van der Waals surface area contributed by atoms with Gasteiger partial charge in [0.05, 0.1) is 19.1 Å². The van der Waals surface area contributed by atoms with Crippen LogP contribution in [0.1, 0.15) is 50.0 Å². The second-order valence-electron chi connectivity index (χ2n) is 5.95. The Kier molecular flexibility index (Phi) is 4.32. The van der Waals surface area contributed by atoms with Crippen LogP contribution < -0.4 is 9.47 Å². The highest BCUT2D eigenvalue weighted by molar-refractivity contribution is 5.71. The summed E-state index contributed by atoms with van der Waals surface area (Å²) < 4.78 is 11.4. The van der Waals surface area contributed by atoms with Crippen LogP contribution in [0, 0.1) is 5.92 Å². The lowest BCUT2D eigenvalue weighted by molar-refractivity contribution is -0.142. The summed E-state index contributed by atoms with van der Waals surface area (Å²) >= 11 is 0. The predicted molar refractivity (Wildman–Crippen MR) is 79.0 cm³/mol. The van der Waals surface area contributed by atoms with Gasteiger partial charge in [-0.05, 0) is 36.5 Å². The lowest BCUT2D eigenvalue weighted by Crippen LogP contribution is -2.21. The first kappa shape index (κ1) is 14.2. The molecule has 2 aliphatic rings. The molecule has 1 fully saturated rings. The van der Waals surface area contributed by atoms with E-state index < -0.39 is 5.97 Å². The van der Waals surface area contributed by atoms with E-state index in [4.69, 9.17) is 9.47 Å². The van der Waals surface area contributed by atoms with Crippen molar-refractivity contribution in [1.82, 2.24) is 0 Å². The molecule has 1 aliphatic heterocycles. The van der Waals surface area contributed by atoms with E-state index in [9.17, 15) is 9.90 Å². The van der Waals surface area contributed by atoms with Crippen LogP contribution in [-0.4, -0.2) is 24.3 Å². The van der Waals surface area contributed by atoms with Crippen molar-refractivity contribution >= 4 is 5.97 Å². The van der Waals surface area contributed by atoms with Gasteiger partial charge in [-0.2, -0.15) is 0 Å². The van der Waals surface area contributed by atoms with E-state index in [1.165, 1.54) is 0 Å². The number of carboxylic acids is 1. The number of aliphatic carboxylic acids is 1. The molecule has 1 aromatic carbocycles. The first-order chi connectivity index (χ1) is 10.3. The molecular formula is C17H22O4. The SMILES string of the molecule is O=C(O)C1CCCCCC1c1ccc2c(c1)OCCCO2. The van der Waals surface area contributed by atoms with Crippen molar-refractivity contribution < 1.29 is 19.4 Å².